The Balaban J connectivity index is 1.92. The first kappa shape index (κ1) is 18.7. The molecule has 2 rings (SSSR count). The molecule has 4 nitrogen and oxygen atoms in total. The largest absolute Gasteiger partial charge is 0.471 e. The van der Waals surface area contributed by atoms with E-state index in [1.165, 1.54) is 11.1 Å². The number of aliphatic hydroxyl groups is 1. The van der Waals surface area contributed by atoms with E-state index in [1.807, 2.05) is 17.4 Å². The van der Waals surface area contributed by atoms with Crippen molar-refractivity contribution in [1.29, 1.82) is 0 Å². The van der Waals surface area contributed by atoms with Gasteiger partial charge in [0.25, 0.3) is 0 Å². The van der Waals surface area contributed by atoms with E-state index in [0.29, 0.717) is 19.5 Å². The lowest BCUT2D eigenvalue weighted by Crippen LogP contribution is -2.39. The normalized spacial score (nSPS) is 17.6. The Morgan fingerprint density at radius 3 is 2.75 bits per heavy atom. The number of nitrogens with zero attached hydrogens (tertiary/aromatic N) is 1. The van der Waals surface area contributed by atoms with E-state index in [9.17, 15) is 23.1 Å². The molecule has 0 saturated carbocycles. The first-order valence-electron chi connectivity index (χ1n) is 8.21. The minimum absolute atomic E-state index is 0.00637. The number of amides is 1. The Morgan fingerprint density at radius 1 is 1.29 bits per heavy atom. The van der Waals surface area contributed by atoms with E-state index >= 15 is 0 Å². The monoisotopic (exact) mass is 344 g/mol. The summed E-state index contributed by atoms with van der Waals surface area (Å²) in [7, 11) is 0. The maximum absolute atomic E-state index is 12.2. The molecule has 1 unspecified atom stereocenters. The van der Waals surface area contributed by atoms with E-state index < -0.39 is 12.1 Å². The van der Waals surface area contributed by atoms with Gasteiger partial charge < -0.3 is 10.4 Å². The van der Waals surface area contributed by atoms with Gasteiger partial charge in [-0.2, -0.15) is 13.2 Å². The summed E-state index contributed by atoms with van der Waals surface area (Å²) < 4.78 is 36.5. The molecule has 0 aliphatic heterocycles. The van der Waals surface area contributed by atoms with E-state index in [-0.39, 0.29) is 19.2 Å². The Bertz CT molecular complexity index is 549. The zero-order valence-electron chi connectivity index (χ0n) is 13.5. The van der Waals surface area contributed by atoms with Crippen LogP contribution in [-0.4, -0.2) is 48.3 Å². The highest BCUT2D eigenvalue weighted by atomic mass is 19.4. The van der Waals surface area contributed by atoms with Crippen molar-refractivity contribution in [3.8, 4) is 0 Å². The SMILES string of the molecule is O=C(NCCCN(CCO)C1CCCc2ccccc21)C(F)(F)F. The van der Waals surface area contributed by atoms with Crippen LogP contribution < -0.4 is 5.32 Å². The van der Waals surface area contributed by atoms with Gasteiger partial charge in [0.2, 0.25) is 0 Å². The van der Waals surface area contributed by atoms with E-state index in [2.05, 4.69) is 17.0 Å². The lowest BCUT2D eigenvalue weighted by atomic mass is 9.86. The lowest BCUT2D eigenvalue weighted by molar-refractivity contribution is -0.173. The molecule has 1 aliphatic carbocycles. The fourth-order valence-electron chi connectivity index (χ4n) is 3.24. The van der Waals surface area contributed by atoms with E-state index in [1.54, 1.807) is 0 Å². The van der Waals surface area contributed by atoms with Crippen molar-refractivity contribution in [2.75, 3.05) is 26.2 Å². The number of carbonyl (C=O) groups is 1. The summed E-state index contributed by atoms with van der Waals surface area (Å²) in [6.07, 6.45) is -1.39. The number of carbonyl (C=O) groups excluding carboxylic acids is 1. The highest BCUT2D eigenvalue weighted by molar-refractivity contribution is 5.81. The highest BCUT2D eigenvalue weighted by Gasteiger charge is 2.38. The zero-order valence-corrected chi connectivity index (χ0v) is 13.5. The molecular formula is C17H23F3N2O2. The Morgan fingerprint density at radius 2 is 2.04 bits per heavy atom. The fourth-order valence-corrected chi connectivity index (χ4v) is 3.24. The summed E-state index contributed by atoms with van der Waals surface area (Å²) in [5.74, 6) is -1.90. The van der Waals surface area contributed by atoms with Crippen molar-refractivity contribution in [2.45, 2.75) is 37.9 Å². The molecule has 24 heavy (non-hydrogen) atoms. The molecule has 0 saturated heterocycles. The van der Waals surface area contributed by atoms with Crippen LogP contribution in [0, 0.1) is 0 Å². The molecule has 1 aromatic carbocycles. The number of aliphatic hydroxyl groups excluding tert-OH is 1. The molecule has 1 atom stereocenters. The second kappa shape index (κ2) is 8.48. The molecule has 0 spiro atoms. The zero-order chi connectivity index (χ0) is 17.6. The van der Waals surface area contributed by atoms with Gasteiger partial charge in [-0.3, -0.25) is 9.69 Å². The summed E-state index contributed by atoms with van der Waals surface area (Å²) in [6, 6.07) is 8.33. The average Bonchev–Trinajstić information content (AvgIpc) is 2.56. The first-order chi connectivity index (χ1) is 11.4. The fraction of sp³-hybridized carbons (Fsp3) is 0.588. The highest BCUT2D eigenvalue weighted by Crippen LogP contribution is 2.34. The molecule has 0 aromatic heterocycles. The van der Waals surface area contributed by atoms with Crippen LogP contribution in [0.15, 0.2) is 24.3 Å². The quantitative estimate of drug-likeness (QED) is 0.747. The third-order valence-corrected chi connectivity index (χ3v) is 4.33. The van der Waals surface area contributed by atoms with E-state index in [0.717, 1.165) is 19.3 Å². The van der Waals surface area contributed by atoms with Crippen LogP contribution in [0.1, 0.15) is 36.4 Å². The van der Waals surface area contributed by atoms with Crippen LogP contribution in [-0.2, 0) is 11.2 Å². The van der Waals surface area contributed by atoms with Crippen LogP contribution >= 0.6 is 0 Å². The number of rotatable bonds is 7. The first-order valence-corrected chi connectivity index (χ1v) is 8.21. The lowest BCUT2D eigenvalue weighted by Gasteiger charge is -2.35. The molecule has 0 fully saturated rings. The van der Waals surface area contributed by atoms with Crippen LogP contribution in [0.3, 0.4) is 0 Å². The third-order valence-electron chi connectivity index (χ3n) is 4.33. The summed E-state index contributed by atoms with van der Waals surface area (Å²) >= 11 is 0. The van der Waals surface area contributed by atoms with Gasteiger partial charge in [0.15, 0.2) is 0 Å². The summed E-state index contributed by atoms with van der Waals surface area (Å²) in [6.45, 7) is 0.951. The maximum Gasteiger partial charge on any atom is 0.471 e. The Hall–Kier alpha value is -1.60. The van der Waals surface area contributed by atoms with Crippen molar-refractivity contribution in [2.24, 2.45) is 0 Å². The topological polar surface area (TPSA) is 52.6 Å². The second-order valence-corrected chi connectivity index (χ2v) is 5.97. The molecule has 0 radical (unpaired) electrons. The number of fused-ring (bicyclic) bond motifs is 1. The van der Waals surface area contributed by atoms with Gasteiger partial charge in [-0.15, -0.1) is 0 Å². The molecule has 134 valence electrons. The number of hydrogen-bond acceptors (Lipinski definition) is 3. The molecule has 0 heterocycles. The number of benzene rings is 1. The van der Waals surface area contributed by atoms with Crippen LogP contribution in [0.5, 0.6) is 0 Å². The molecular weight excluding hydrogens is 321 g/mol. The van der Waals surface area contributed by atoms with Gasteiger partial charge in [-0.1, -0.05) is 24.3 Å². The second-order valence-electron chi connectivity index (χ2n) is 5.97. The molecule has 1 amide bonds. The summed E-state index contributed by atoms with van der Waals surface area (Å²) in [4.78, 5) is 12.9. The van der Waals surface area contributed by atoms with Crippen molar-refractivity contribution in [3.63, 3.8) is 0 Å². The van der Waals surface area contributed by atoms with Crippen molar-refractivity contribution in [1.82, 2.24) is 10.2 Å². The molecule has 7 heteroatoms. The van der Waals surface area contributed by atoms with E-state index in [4.69, 9.17) is 0 Å². The molecule has 2 N–H and O–H groups in total. The van der Waals surface area contributed by atoms with Crippen LogP contribution in [0.4, 0.5) is 13.2 Å². The van der Waals surface area contributed by atoms with Gasteiger partial charge in [-0.25, -0.2) is 0 Å². The molecule has 1 aliphatic rings. The number of nitrogens with one attached hydrogen (secondary N) is 1. The summed E-state index contributed by atoms with van der Waals surface area (Å²) in [5, 5.41) is 11.2. The van der Waals surface area contributed by atoms with Gasteiger partial charge in [-0.05, 0) is 36.8 Å². The van der Waals surface area contributed by atoms with Crippen LogP contribution in [0.2, 0.25) is 0 Å². The van der Waals surface area contributed by atoms with Crippen LogP contribution in [0.25, 0.3) is 0 Å². The number of aryl methyl sites for hydroxylation is 1. The van der Waals surface area contributed by atoms with Gasteiger partial charge in [0, 0.05) is 25.7 Å². The minimum atomic E-state index is -4.84. The van der Waals surface area contributed by atoms with Crippen molar-refractivity contribution < 1.29 is 23.1 Å². The Labute approximate surface area is 139 Å². The predicted molar refractivity (Wildman–Crippen MR) is 84.5 cm³/mol. The van der Waals surface area contributed by atoms with Gasteiger partial charge >= 0.3 is 12.1 Å². The standard InChI is InChI=1S/C17H23F3N2O2/c18-17(19,20)16(24)21-9-4-10-22(11-12-23)15-8-3-6-13-5-1-2-7-14(13)15/h1-2,5,7,15,23H,3-4,6,8-12H2,(H,21,24). The van der Waals surface area contributed by atoms with Crippen molar-refractivity contribution >= 4 is 5.91 Å². The van der Waals surface area contributed by atoms with Crippen molar-refractivity contribution in [3.05, 3.63) is 35.4 Å². The minimum Gasteiger partial charge on any atom is -0.395 e. The average molecular weight is 344 g/mol. The van der Waals surface area contributed by atoms with Gasteiger partial charge in [0.05, 0.1) is 6.61 Å². The third kappa shape index (κ3) is 4.95. The molecule has 0 bridgehead atoms. The maximum atomic E-state index is 12.2. The Kier molecular flexibility index (Phi) is 6.62. The van der Waals surface area contributed by atoms with Gasteiger partial charge in [0.1, 0.15) is 0 Å². The predicted octanol–water partition coefficient (Wildman–Crippen LogP) is 2.43. The number of halogens is 3. The smallest absolute Gasteiger partial charge is 0.395 e. The number of alkyl halides is 3. The molecule has 1 aromatic rings. The number of hydrogen-bond donors (Lipinski definition) is 2. The summed E-state index contributed by atoms with van der Waals surface area (Å²) in [5.41, 5.74) is 2.53.